The van der Waals surface area contributed by atoms with Gasteiger partial charge in [0.1, 0.15) is 11.4 Å². The molecule has 0 aromatic carbocycles. The summed E-state index contributed by atoms with van der Waals surface area (Å²) in [5, 5.41) is 0. The summed E-state index contributed by atoms with van der Waals surface area (Å²) in [5.41, 5.74) is -8.76. The molecule has 24 heavy (non-hydrogen) atoms. The summed E-state index contributed by atoms with van der Waals surface area (Å²) in [4.78, 5) is 24.4. The van der Waals surface area contributed by atoms with Gasteiger partial charge >= 0.3 is 21.6 Å². The molecule has 1 unspecified atom stereocenters. The van der Waals surface area contributed by atoms with Crippen LogP contribution in [0.15, 0.2) is 0 Å². The molecule has 1 atom stereocenters. The van der Waals surface area contributed by atoms with Crippen LogP contribution in [0.2, 0.25) is 0 Å². The molecule has 0 aliphatic heterocycles. The topological polar surface area (TPSA) is 86.7 Å². The van der Waals surface area contributed by atoms with Gasteiger partial charge in [-0.3, -0.25) is 13.8 Å². The summed E-state index contributed by atoms with van der Waals surface area (Å²) in [6.45, 7) is 6.03. The smallest absolute Gasteiger partial charge is 0.459 e. The van der Waals surface area contributed by atoms with Crippen LogP contribution in [0.1, 0.15) is 53.9 Å². The Kier molecular flexibility index (Phi) is 7.44. The first-order valence-corrected chi connectivity index (χ1v) is 8.70. The van der Waals surface area contributed by atoms with Gasteiger partial charge in [-0.15, -0.1) is 0 Å². The van der Waals surface area contributed by atoms with Crippen LogP contribution in [0.3, 0.4) is 0 Å². The number of carbonyl (C=O) groups is 2. The maximum Gasteiger partial charge on any atom is 0.523 e. The third-order valence-electron chi connectivity index (χ3n) is 3.16. The number of esters is 1. The van der Waals surface area contributed by atoms with E-state index in [0.29, 0.717) is 12.8 Å². The molecule has 0 radical (unpaired) electrons. The quantitative estimate of drug-likeness (QED) is 0.280. The number of alkyl halides is 3. The van der Waals surface area contributed by atoms with E-state index in [1.54, 1.807) is 6.92 Å². The molecular formula is C14H23F3O6S. The number of Topliss-reactive ketones (excluding diaryl/α,β-unsaturated/α-hetero) is 1. The molecule has 10 heteroatoms. The summed E-state index contributed by atoms with van der Waals surface area (Å²) in [6, 6.07) is 0. The maximum absolute atomic E-state index is 12.4. The lowest BCUT2D eigenvalue weighted by Gasteiger charge is -2.32. The third-order valence-corrected chi connectivity index (χ3v) is 4.16. The lowest BCUT2D eigenvalue weighted by atomic mass is 9.80. The summed E-state index contributed by atoms with van der Waals surface area (Å²) in [7, 11) is -5.93. The number of halogens is 3. The van der Waals surface area contributed by atoms with Crippen molar-refractivity contribution in [2.75, 3.05) is 6.61 Å². The Labute approximate surface area is 139 Å². The predicted molar refractivity (Wildman–Crippen MR) is 79.4 cm³/mol. The fourth-order valence-corrected chi connectivity index (χ4v) is 2.24. The van der Waals surface area contributed by atoms with Gasteiger partial charge in [-0.1, -0.05) is 19.8 Å². The minimum Gasteiger partial charge on any atom is -0.459 e. The summed E-state index contributed by atoms with van der Waals surface area (Å²) < 4.78 is 68.5. The normalized spacial score (nSPS) is 15.7. The highest BCUT2D eigenvalue weighted by Crippen LogP contribution is 2.33. The SMILES string of the molecule is CCCCC(COS(=O)(=O)C(F)(F)F)(C(C)=O)C(=O)OC(C)(C)C. The third kappa shape index (κ3) is 6.04. The molecule has 0 saturated heterocycles. The number of hydrogen-bond donors (Lipinski definition) is 0. The van der Waals surface area contributed by atoms with Crippen LogP contribution in [-0.2, 0) is 28.6 Å². The zero-order chi connectivity index (χ0) is 19.4. The lowest BCUT2D eigenvalue weighted by molar-refractivity contribution is -0.173. The number of unbranched alkanes of at least 4 members (excludes halogenated alkanes) is 1. The molecule has 0 N–H and O–H groups in total. The highest BCUT2D eigenvalue weighted by Gasteiger charge is 2.52. The van der Waals surface area contributed by atoms with Crippen molar-refractivity contribution in [1.82, 2.24) is 0 Å². The molecule has 0 fully saturated rings. The van der Waals surface area contributed by atoms with E-state index in [-0.39, 0.29) is 6.42 Å². The Morgan fingerprint density at radius 3 is 1.92 bits per heavy atom. The number of ketones is 1. The first kappa shape index (κ1) is 22.8. The van der Waals surface area contributed by atoms with E-state index in [1.807, 2.05) is 0 Å². The molecule has 0 heterocycles. The molecule has 0 amide bonds. The summed E-state index contributed by atoms with van der Waals surface area (Å²) in [6.07, 6.45) is 0.652. The van der Waals surface area contributed by atoms with Crippen molar-refractivity contribution >= 4 is 21.9 Å². The van der Waals surface area contributed by atoms with Crippen LogP contribution in [0.25, 0.3) is 0 Å². The first-order chi connectivity index (χ1) is 10.6. The van der Waals surface area contributed by atoms with E-state index >= 15 is 0 Å². The zero-order valence-electron chi connectivity index (χ0n) is 14.3. The van der Waals surface area contributed by atoms with E-state index in [2.05, 4.69) is 4.18 Å². The molecule has 0 aliphatic rings. The van der Waals surface area contributed by atoms with Crippen LogP contribution in [0, 0.1) is 5.41 Å². The zero-order valence-corrected chi connectivity index (χ0v) is 15.1. The molecule has 0 aromatic heterocycles. The summed E-state index contributed by atoms with van der Waals surface area (Å²) in [5.74, 6) is -1.92. The standard InChI is InChI=1S/C14H23F3O6S/c1-6-7-8-13(10(2)18,11(19)23-12(3,4)5)9-22-24(20,21)14(15,16)17/h6-9H2,1-5H3. The van der Waals surface area contributed by atoms with Crippen LogP contribution in [0.4, 0.5) is 13.2 Å². The van der Waals surface area contributed by atoms with Gasteiger partial charge in [0.2, 0.25) is 0 Å². The fourth-order valence-electron chi connectivity index (χ4n) is 1.75. The van der Waals surface area contributed by atoms with Crippen molar-refractivity contribution < 1.29 is 40.1 Å². The van der Waals surface area contributed by atoms with Gasteiger partial charge in [0.15, 0.2) is 5.41 Å². The van der Waals surface area contributed by atoms with Crippen molar-refractivity contribution in [2.24, 2.45) is 5.41 Å². The predicted octanol–water partition coefficient (Wildman–Crippen LogP) is 2.96. The van der Waals surface area contributed by atoms with Gasteiger partial charge in [-0.05, 0) is 34.1 Å². The van der Waals surface area contributed by atoms with Gasteiger partial charge in [0, 0.05) is 0 Å². The minimum atomic E-state index is -5.93. The average Bonchev–Trinajstić information content (AvgIpc) is 2.35. The van der Waals surface area contributed by atoms with Crippen LogP contribution < -0.4 is 0 Å². The van der Waals surface area contributed by atoms with Crippen molar-refractivity contribution in [3.05, 3.63) is 0 Å². The monoisotopic (exact) mass is 376 g/mol. The van der Waals surface area contributed by atoms with Crippen LogP contribution >= 0.6 is 0 Å². The van der Waals surface area contributed by atoms with E-state index in [4.69, 9.17) is 4.74 Å². The minimum absolute atomic E-state index is 0.179. The fraction of sp³-hybridized carbons (Fsp3) is 0.857. The Morgan fingerprint density at radius 2 is 1.58 bits per heavy atom. The van der Waals surface area contributed by atoms with Gasteiger partial charge < -0.3 is 4.74 Å². The van der Waals surface area contributed by atoms with Gasteiger partial charge in [0.05, 0.1) is 6.61 Å². The van der Waals surface area contributed by atoms with Crippen molar-refractivity contribution in [3.63, 3.8) is 0 Å². The molecule has 0 saturated carbocycles. The highest BCUT2D eigenvalue weighted by atomic mass is 32.2. The van der Waals surface area contributed by atoms with Gasteiger partial charge in [-0.25, -0.2) is 0 Å². The highest BCUT2D eigenvalue weighted by molar-refractivity contribution is 7.87. The van der Waals surface area contributed by atoms with E-state index < -0.39 is 45.0 Å². The van der Waals surface area contributed by atoms with E-state index in [0.717, 1.165) is 6.92 Å². The van der Waals surface area contributed by atoms with Crippen molar-refractivity contribution in [3.8, 4) is 0 Å². The molecule has 0 bridgehead atoms. The van der Waals surface area contributed by atoms with Crippen molar-refractivity contribution in [2.45, 2.75) is 65.0 Å². The second-order valence-corrected chi connectivity index (χ2v) is 8.01. The second-order valence-electron chi connectivity index (χ2n) is 6.41. The van der Waals surface area contributed by atoms with E-state index in [1.165, 1.54) is 20.8 Å². The first-order valence-electron chi connectivity index (χ1n) is 7.29. The lowest BCUT2D eigenvalue weighted by Crippen LogP contribution is -2.47. The Hall–Kier alpha value is -1.16. The van der Waals surface area contributed by atoms with Gasteiger partial charge in [-0.2, -0.15) is 21.6 Å². The number of carbonyl (C=O) groups excluding carboxylic acids is 2. The maximum atomic E-state index is 12.4. The van der Waals surface area contributed by atoms with Gasteiger partial charge in [0.25, 0.3) is 0 Å². The molecule has 0 aromatic rings. The summed E-state index contributed by atoms with van der Waals surface area (Å²) >= 11 is 0. The van der Waals surface area contributed by atoms with Crippen molar-refractivity contribution in [1.29, 1.82) is 0 Å². The number of ether oxygens (including phenoxy) is 1. The average molecular weight is 376 g/mol. The molecule has 0 spiro atoms. The Balaban J connectivity index is 5.69. The molecule has 6 nitrogen and oxygen atoms in total. The second kappa shape index (κ2) is 7.81. The molecule has 0 rings (SSSR count). The Morgan fingerprint density at radius 1 is 1.08 bits per heavy atom. The largest absolute Gasteiger partial charge is 0.523 e. The number of rotatable bonds is 8. The van der Waals surface area contributed by atoms with Crippen LogP contribution in [-0.4, -0.2) is 37.9 Å². The van der Waals surface area contributed by atoms with E-state index in [9.17, 15) is 31.2 Å². The molecule has 0 aliphatic carbocycles. The molecule has 142 valence electrons. The Bertz CT molecular complexity index is 562. The van der Waals surface area contributed by atoms with Crippen LogP contribution in [0.5, 0.6) is 0 Å². The number of hydrogen-bond acceptors (Lipinski definition) is 6. The molecular weight excluding hydrogens is 353 g/mol.